The maximum Gasteiger partial charge on any atom is 0.330 e. The Kier molecular flexibility index (Phi) is 4.98. The molecule has 135 valence electrons. The highest BCUT2D eigenvalue weighted by Gasteiger charge is 2.54. The molecule has 0 saturated carbocycles. The third-order valence-corrected chi connectivity index (χ3v) is 6.81. The van der Waals surface area contributed by atoms with Gasteiger partial charge in [-0.3, -0.25) is 14.3 Å². The van der Waals surface area contributed by atoms with E-state index in [0.717, 1.165) is 0 Å². The van der Waals surface area contributed by atoms with Crippen molar-refractivity contribution < 1.29 is 14.9 Å². The zero-order valence-electron chi connectivity index (χ0n) is 15.1. The van der Waals surface area contributed by atoms with Gasteiger partial charge in [-0.2, -0.15) is 0 Å². The molecule has 4 atom stereocenters. The van der Waals surface area contributed by atoms with Gasteiger partial charge in [0.05, 0.1) is 12.2 Å². The molecule has 1 fully saturated rings. The third kappa shape index (κ3) is 3.15. The summed E-state index contributed by atoms with van der Waals surface area (Å²) in [7, 11) is -1.27. The average molecular weight is 355 g/mol. The Hall–Kier alpha value is -1.22. The van der Waals surface area contributed by atoms with Crippen molar-refractivity contribution in [1.82, 2.24) is 9.55 Å². The fraction of sp³-hybridized carbons (Fsp3) is 0.750. The second-order valence-electron chi connectivity index (χ2n) is 7.89. The summed E-state index contributed by atoms with van der Waals surface area (Å²) in [5.41, 5.74) is -1.07. The lowest BCUT2D eigenvalue weighted by atomic mass is 9.84. The van der Waals surface area contributed by atoms with Gasteiger partial charge in [0.25, 0.3) is 5.56 Å². The van der Waals surface area contributed by atoms with E-state index in [1.54, 1.807) is 6.92 Å². The lowest BCUT2D eigenvalue weighted by molar-refractivity contribution is -0.132. The number of H-pyrrole nitrogens is 1. The van der Waals surface area contributed by atoms with Crippen LogP contribution in [-0.4, -0.2) is 46.9 Å². The van der Waals surface area contributed by atoms with Gasteiger partial charge in [-0.05, 0) is 12.3 Å². The van der Waals surface area contributed by atoms with Crippen molar-refractivity contribution in [2.24, 2.45) is 5.41 Å². The Labute approximate surface area is 142 Å². The highest BCUT2D eigenvalue weighted by molar-refractivity contribution is 6.58. The van der Waals surface area contributed by atoms with Crippen LogP contribution in [0.15, 0.2) is 15.8 Å². The fourth-order valence-corrected chi connectivity index (χ4v) is 4.71. The van der Waals surface area contributed by atoms with Crippen molar-refractivity contribution in [2.75, 3.05) is 0 Å². The SMILES string of the molecule is Cc1cn([C@@]2([Si](C)C)C[C@H](O)[C@@H](C(O)C(C)(C)C)O2)c(=O)[nH]c1=O. The van der Waals surface area contributed by atoms with Crippen LogP contribution in [0.4, 0.5) is 0 Å². The number of nitrogens with one attached hydrogen (secondary N) is 1. The lowest BCUT2D eigenvalue weighted by Crippen LogP contribution is -2.53. The van der Waals surface area contributed by atoms with E-state index >= 15 is 0 Å². The third-order valence-electron chi connectivity index (χ3n) is 4.69. The molecule has 24 heavy (non-hydrogen) atoms. The molecule has 0 spiro atoms. The van der Waals surface area contributed by atoms with E-state index in [1.807, 2.05) is 33.9 Å². The summed E-state index contributed by atoms with van der Waals surface area (Å²) >= 11 is 0. The average Bonchev–Trinajstić information content (AvgIpc) is 2.79. The van der Waals surface area contributed by atoms with Crippen LogP contribution in [0.2, 0.25) is 13.1 Å². The Bertz CT molecular complexity index is 720. The normalized spacial score (nSPS) is 29.2. The molecule has 2 rings (SSSR count). The van der Waals surface area contributed by atoms with Crippen molar-refractivity contribution in [3.63, 3.8) is 0 Å². The summed E-state index contributed by atoms with van der Waals surface area (Å²) in [4.78, 5) is 26.3. The van der Waals surface area contributed by atoms with E-state index in [0.29, 0.717) is 5.56 Å². The van der Waals surface area contributed by atoms with Crippen LogP contribution in [-0.2, 0) is 10.1 Å². The molecule has 8 heteroatoms. The molecule has 7 nitrogen and oxygen atoms in total. The molecule has 1 aliphatic heterocycles. The molecular weight excluding hydrogens is 328 g/mol. The largest absolute Gasteiger partial charge is 0.390 e. The van der Waals surface area contributed by atoms with Crippen molar-refractivity contribution in [1.29, 1.82) is 0 Å². The van der Waals surface area contributed by atoms with E-state index in [4.69, 9.17) is 4.74 Å². The van der Waals surface area contributed by atoms with Gasteiger partial charge in [0.15, 0.2) is 0 Å². The van der Waals surface area contributed by atoms with Crippen LogP contribution in [0, 0.1) is 12.3 Å². The van der Waals surface area contributed by atoms with Crippen LogP contribution < -0.4 is 11.2 Å². The number of hydrogen-bond acceptors (Lipinski definition) is 5. The molecule has 0 amide bonds. The maximum absolute atomic E-state index is 12.4. The number of nitrogens with zero attached hydrogens (tertiary/aromatic N) is 1. The van der Waals surface area contributed by atoms with Crippen molar-refractivity contribution in [3.8, 4) is 0 Å². The monoisotopic (exact) mass is 355 g/mol. The topological polar surface area (TPSA) is 105 Å². The summed E-state index contributed by atoms with van der Waals surface area (Å²) in [6, 6.07) is 0. The van der Waals surface area contributed by atoms with Gasteiger partial charge in [-0.15, -0.1) is 0 Å². The summed E-state index contributed by atoms with van der Waals surface area (Å²) in [5, 5.41) is 20.1. The fourth-order valence-electron chi connectivity index (χ4n) is 3.07. The number of aromatic amines is 1. The molecule has 1 aliphatic rings. The van der Waals surface area contributed by atoms with Gasteiger partial charge < -0.3 is 14.9 Å². The molecule has 0 aliphatic carbocycles. The van der Waals surface area contributed by atoms with Crippen molar-refractivity contribution in [2.45, 2.75) is 70.9 Å². The summed E-state index contributed by atoms with van der Waals surface area (Å²) in [6.45, 7) is 11.2. The van der Waals surface area contributed by atoms with E-state index in [1.165, 1.54) is 10.8 Å². The zero-order chi connectivity index (χ0) is 18.4. The first-order valence-corrected chi connectivity index (χ1v) is 10.6. The second-order valence-corrected chi connectivity index (χ2v) is 10.7. The Morgan fingerprint density at radius 3 is 2.50 bits per heavy atom. The number of rotatable bonds is 3. The van der Waals surface area contributed by atoms with Crippen molar-refractivity contribution >= 4 is 8.80 Å². The Morgan fingerprint density at radius 1 is 1.42 bits per heavy atom. The minimum Gasteiger partial charge on any atom is -0.390 e. The van der Waals surface area contributed by atoms with E-state index in [-0.39, 0.29) is 6.42 Å². The van der Waals surface area contributed by atoms with Crippen LogP contribution in [0.3, 0.4) is 0 Å². The maximum atomic E-state index is 12.4. The first-order valence-electron chi connectivity index (χ1n) is 8.08. The van der Waals surface area contributed by atoms with Crippen LogP contribution in [0.1, 0.15) is 32.8 Å². The molecule has 1 saturated heterocycles. The molecule has 3 N–H and O–H groups in total. The molecule has 0 aromatic carbocycles. The molecule has 1 aromatic rings. The summed E-state index contributed by atoms with van der Waals surface area (Å²) in [5.74, 6) is 0. The van der Waals surface area contributed by atoms with Crippen LogP contribution in [0.25, 0.3) is 0 Å². The highest BCUT2D eigenvalue weighted by Crippen LogP contribution is 2.40. The number of ether oxygens (including phenoxy) is 1. The smallest absolute Gasteiger partial charge is 0.330 e. The lowest BCUT2D eigenvalue weighted by Gasteiger charge is -2.37. The van der Waals surface area contributed by atoms with Gasteiger partial charge in [-0.1, -0.05) is 33.9 Å². The van der Waals surface area contributed by atoms with Gasteiger partial charge in [0.2, 0.25) is 0 Å². The molecule has 2 heterocycles. The van der Waals surface area contributed by atoms with Gasteiger partial charge in [-0.25, -0.2) is 4.79 Å². The van der Waals surface area contributed by atoms with E-state index in [9.17, 15) is 19.8 Å². The summed E-state index contributed by atoms with van der Waals surface area (Å²) < 4.78 is 7.54. The van der Waals surface area contributed by atoms with Crippen molar-refractivity contribution in [3.05, 3.63) is 32.6 Å². The Morgan fingerprint density at radius 2 is 2.00 bits per heavy atom. The number of aliphatic hydroxyl groups excluding tert-OH is 2. The molecule has 0 bridgehead atoms. The molecule has 1 radical (unpaired) electrons. The number of aromatic nitrogens is 2. The number of aryl methyl sites for hydroxylation is 1. The zero-order valence-corrected chi connectivity index (χ0v) is 16.1. The number of hydrogen-bond donors (Lipinski definition) is 3. The quantitative estimate of drug-likeness (QED) is 0.679. The number of aliphatic hydroxyl groups is 2. The van der Waals surface area contributed by atoms with Gasteiger partial charge in [0.1, 0.15) is 20.2 Å². The van der Waals surface area contributed by atoms with E-state index < -0.39 is 49.1 Å². The first kappa shape index (κ1) is 19.1. The van der Waals surface area contributed by atoms with Gasteiger partial charge >= 0.3 is 5.69 Å². The van der Waals surface area contributed by atoms with E-state index in [2.05, 4.69) is 4.98 Å². The predicted molar refractivity (Wildman–Crippen MR) is 92.5 cm³/mol. The molecule has 1 aromatic heterocycles. The van der Waals surface area contributed by atoms with Crippen LogP contribution >= 0.6 is 0 Å². The predicted octanol–water partition coefficient (Wildman–Crippen LogP) is 0.348. The summed E-state index contributed by atoms with van der Waals surface area (Å²) in [6.07, 6.45) is -0.868. The highest BCUT2D eigenvalue weighted by atomic mass is 28.3. The standard InChI is InChI=1S/C16H27N2O5Si/c1-9-8-18(14(22)17-13(9)21)16(24(5)6)7-10(19)11(23-16)12(20)15(2,3)4/h8,10-12,19-20H,7H2,1-6H3,(H,17,21,22)/t10-,11-,12?,16-/m0/s1. The first-order chi connectivity index (χ1) is 10.9. The Balaban J connectivity index is 2.54. The minimum atomic E-state index is -1.27. The minimum absolute atomic E-state index is 0.206. The molecule has 1 unspecified atom stereocenters. The molecular formula is C16H27N2O5Si. The second kappa shape index (κ2) is 6.25. The van der Waals surface area contributed by atoms with Gasteiger partial charge in [0, 0.05) is 18.2 Å². The van der Waals surface area contributed by atoms with Crippen LogP contribution in [0.5, 0.6) is 0 Å².